The maximum Gasteiger partial charge on any atom is 0.258 e. The van der Waals surface area contributed by atoms with E-state index in [1.165, 1.54) is 4.90 Å². The number of benzene rings is 1. The zero-order valence-electron chi connectivity index (χ0n) is 18.0. The molecular weight excluding hydrogens is 386 g/mol. The van der Waals surface area contributed by atoms with Crippen LogP contribution in [0.15, 0.2) is 18.2 Å². The Bertz CT molecular complexity index is 837. The Morgan fingerprint density at radius 1 is 1.20 bits per heavy atom. The first-order valence-corrected chi connectivity index (χ1v) is 10.2. The molecule has 8 heteroatoms. The van der Waals surface area contributed by atoms with Crippen LogP contribution in [0.5, 0.6) is 5.75 Å². The molecule has 3 rings (SSSR count). The molecular formula is C22H29N3O5. The van der Waals surface area contributed by atoms with E-state index in [-0.39, 0.29) is 41.4 Å². The quantitative estimate of drug-likeness (QED) is 0.695. The number of ether oxygens (including phenoxy) is 3. The Hall–Kier alpha value is -2.63. The standard InChI is InChI=1S/C22H29N3O5/c1-14-21(26)24(2)13-19-18(28-4)9-8-16(30-19)10-11-29-20-15(12-23)6-5-7-17(20)22(27)25(14)3/h5-7,14,16,18-19H,8-11,13H2,1-4H3/t14-,16-,18+,19-/m1/s1. The summed E-state index contributed by atoms with van der Waals surface area (Å²) in [6, 6.07) is 6.29. The molecule has 0 aromatic heterocycles. The topological polar surface area (TPSA) is 92.1 Å². The van der Waals surface area contributed by atoms with Crippen molar-refractivity contribution in [2.24, 2.45) is 0 Å². The molecule has 2 bridgehead atoms. The molecule has 0 unspecified atom stereocenters. The molecule has 0 N–H and O–H groups in total. The second-order valence-corrected chi connectivity index (χ2v) is 7.89. The highest BCUT2D eigenvalue weighted by atomic mass is 16.5. The van der Waals surface area contributed by atoms with Gasteiger partial charge in [-0.3, -0.25) is 9.59 Å². The average molecular weight is 415 g/mol. The molecule has 30 heavy (non-hydrogen) atoms. The number of nitriles is 1. The summed E-state index contributed by atoms with van der Waals surface area (Å²) in [4.78, 5) is 29.1. The van der Waals surface area contributed by atoms with E-state index in [9.17, 15) is 14.9 Å². The predicted octanol–water partition coefficient (Wildman–Crippen LogP) is 1.82. The molecule has 0 aliphatic carbocycles. The molecule has 162 valence electrons. The van der Waals surface area contributed by atoms with E-state index in [0.29, 0.717) is 25.1 Å². The highest BCUT2D eigenvalue weighted by Gasteiger charge is 2.35. The summed E-state index contributed by atoms with van der Waals surface area (Å²) < 4.78 is 17.7. The van der Waals surface area contributed by atoms with Crippen LogP contribution in [0, 0.1) is 11.3 Å². The van der Waals surface area contributed by atoms with E-state index < -0.39 is 6.04 Å². The number of rotatable bonds is 1. The van der Waals surface area contributed by atoms with Crippen LogP contribution in [0.4, 0.5) is 0 Å². The molecule has 4 atom stereocenters. The maximum atomic E-state index is 13.2. The summed E-state index contributed by atoms with van der Waals surface area (Å²) in [6.45, 7) is 2.40. The average Bonchev–Trinajstić information content (AvgIpc) is 2.76. The lowest BCUT2D eigenvalue weighted by Gasteiger charge is -2.39. The molecule has 2 aliphatic heterocycles. The summed E-state index contributed by atoms with van der Waals surface area (Å²) in [5.41, 5.74) is 0.567. The first kappa shape index (κ1) is 22.1. The van der Waals surface area contributed by atoms with Gasteiger partial charge >= 0.3 is 0 Å². The number of methoxy groups -OCH3 is 1. The molecule has 1 fully saturated rings. The Balaban J connectivity index is 1.96. The van der Waals surface area contributed by atoms with Gasteiger partial charge in [-0.2, -0.15) is 5.26 Å². The van der Waals surface area contributed by atoms with Crippen LogP contribution in [-0.2, 0) is 14.3 Å². The van der Waals surface area contributed by atoms with Gasteiger partial charge in [0.15, 0.2) is 0 Å². The minimum Gasteiger partial charge on any atom is -0.491 e. The van der Waals surface area contributed by atoms with Gasteiger partial charge in [0.2, 0.25) is 5.91 Å². The van der Waals surface area contributed by atoms with Crippen LogP contribution in [0.25, 0.3) is 0 Å². The minimum atomic E-state index is -0.690. The van der Waals surface area contributed by atoms with Crippen LogP contribution in [0.2, 0.25) is 0 Å². The van der Waals surface area contributed by atoms with Crippen molar-refractivity contribution in [1.29, 1.82) is 5.26 Å². The number of carbonyl (C=O) groups excluding carboxylic acids is 2. The molecule has 0 radical (unpaired) electrons. The van der Waals surface area contributed by atoms with Gasteiger partial charge in [0.1, 0.15) is 24.0 Å². The molecule has 0 saturated carbocycles. The first-order valence-electron chi connectivity index (χ1n) is 10.2. The normalized spacial score (nSPS) is 28.2. The van der Waals surface area contributed by atoms with E-state index in [4.69, 9.17) is 14.2 Å². The van der Waals surface area contributed by atoms with Crippen molar-refractivity contribution < 1.29 is 23.8 Å². The van der Waals surface area contributed by atoms with Crippen molar-refractivity contribution in [3.05, 3.63) is 29.3 Å². The lowest BCUT2D eigenvalue weighted by Crippen LogP contribution is -2.52. The van der Waals surface area contributed by atoms with Crippen molar-refractivity contribution >= 4 is 11.8 Å². The Morgan fingerprint density at radius 3 is 2.67 bits per heavy atom. The van der Waals surface area contributed by atoms with Crippen LogP contribution >= 0.6 is 0 Å². The fourth-order valence-electron chi connectivity index (χ4n) is 4.03. The van der Waals surface area contributed by atoms with Gasteiger partial charge in [-0.15, -0.1) is 0 Å². The van der Waals surface area contributed by atoms with Crippen LogP contribution in [-0.4, -0.2) is 80.3 Å². The smallest absolute Gasteiger partial charge is 0.258 e. The Morgan fingerprint density at radius 2 is 1.97 bits per heavy atom. The van der Waals surface area contributed by atoms with Crippen LogP contribution in [0.3, 0.4) is 0 Å². The molecule has 2 aliphatic rings. The van der Waals surface area contributed by atoms with Gasteiger partial charge in [0, 0.05) is 34.2 Å². The van der Waals surface area contributed by atoms with E-state index in [0.717, 1.165) is 12.8 Å². The summed E-state index contributed by atoms with van der Waals surface area (Å²) >= 11 is 0. The number of amides is 2. The predicted molar refractivity (Wildman–Crippen MR) is 109 cm³/mol. The minimum absolute atomic E-state index is 0.0404. The van der Waals surface area contributed by atoms with Gasteiger partial charge in [-0.25, -0.2) is 0 Å². The van der Waals surface area contributed by atoms with Gasteiger partial charge in [-0.1, -0.05) is 6.07 Å². The highest BCUT2D eigenvalue weighted by Crippen LogP contribution is 2.28. The Labute approximate surface area is 177 Å². The molecule has 2 amide bonds. The van der Waals surface area contributed by atoms with E-state index in [2.05, 4.69) is 6.07 Å². The molecule has 0 spiro atoms. The van der Waals surface area contributed by atoms with Gasteiger partial charge in [0.25, 0.3) is 5.91 Å². The number of hydrogen-bond acceptors (Lipinski definition) is 6. The van der Waals surface area contributed by atoms with Gasteiger partial charge < -0.3 is 24.0 Å². The molecule has 2 heterocycles. The van der Waals surface area contributed by atoms with Crippen molar-refractivity contribution in [3.63, 3.8) is 0 Å². The summed E-state index contributed by atoms with van der Waals surface area (Å²) in [5.74, 6) is -0.300. The molecule has 8 nitrogen and oxygen atoms in total. The lowest BCUT2D eigenvalue weighted by atomic mass is 9.98. The molecule has 1 aromatic carbocycles. The van der Waals surface area contributed by atoms with E-state index >= 15 is 0 Å². The van der Waals surface area contributed by atoms with E-state index in [1.54, 1.807) is 51.2 Å². The van der Waals surface area contributed by atoms with Crippen molar-refractivity contribution in [1.82, 2.24) is 9.80 Å². The number of carbonyl (C=O) groups is 2. The van der Waals surface area contributed by atoms with Crippen molar-refractivity contribution in [2.45, 2.75) is 50.5 Å². The van der Waals surface area contributed by atoms with Gasteiger partial charge in [-0.05, 0) is 31.9 Å². The monoisotopic (exact) mass is 415 g/mol. The zero-order chi connectivity index (χ0) is 21.8. The lowest BCUT2D eigenvalue weighted by molar-refractivity contribution is -0.152. The molecule has 1 aromatic rings. The van der Waals surface area contributed by atoms with Crippen LogP contribution < -0.4 is 4.74 Å². The highest BCUT2D eigenvalue weighted by molar-refractivity contribution is 6.00. The first-order chi connectivity index (χ1) is 14.4. The van der Waals surface area contributed by atoms with Gasteiger partial charge in [0.05, 0.1) is 29.9 Å². The largest absolute Gasteiger partial charge is 0.491 e. The fourth-order valence-corrected chi connectivity index (χ4v) is 4.03. The van der Waals surface area contributed by atoms with E-state index in [1.807, 2.05) is 0 Å². The van der Waals surface area contributed by atoms with Crippen molar-refractivity contribution in [2.75, 3.05) is 34.4 Å². The third-order valence-corrected chi connectivity index (χ3v) is 6.00. The second-order valence-electron chi connectivity index (χ2n) is 7.89. The number of hydrogen-bond donors (Lipinski definition) is 0. The van der Waals surface area contributed by atoms with Crippen LogP contribution in [0.1, 0.15) is 42.1 Å². The summed E-state index contributed by atoms with van der Waals surface area (Å²) in [6.07, 6.45) is 1.89. The Kier molecular flexibility index (Phi) is 6.95. The maximum absolute atomic E-state index is 13.2. The SMILES string of the molecule is CO[C@H]1CC[C@@H]2CCOc3c(C#N)cccc3C(=O)N(C)[C@H](C)C(=O)N(C)C[C@H]1O2. The number of fused-ring (bicyclic) bond motifs is 3. The summed E-state index contributed by atoms with van der Waals surface area (Å²) in [5, 5.41) is 9.49. The summed E-state index contributed by atoms with van der Waals surface area (Å²) in [7, 11) is 4.95. The third kappa shape index (κ3) is 4.42. The number of para-hydroxylation sites is 1. The number of nitrogens with zero attached hydrogens (tertiary/aromatic N) is 3. The zero-order valence-corrected chi connectivity index (χ0v) is 18.0. The fraction of sp³-hybridized carbons (Fsp3) is 0.591. The number of likely N-dealkylation sites (N-methyl/N-ethyl adjacent to an activating group) is 2. The molecule has 1 saturated heterocycles. The van der Waals surface area contributed by atoms with Crippen molar-refractivity contribution in [3.8, 4) is 11.8 Å². The third-order valence-electron chi connectivity index (χ3n) is 6.00. The second kappa shape index (κ2) is 9.45.